The quantitative estimate of drug-likeness (QED) is 0.511. The number of anilines is 1. The van der Waals surface area contributed by atoms with E-state index in [0.29, 0.717) is 18.9 Å². The number of aromatic nitrogens is 1. The molecular weight excluding hydrogens is 279 g/mol. The van der Waals surface area contributed by atoms with Gasteiger partial charge in [0.2, 0.25) is 0 Å². The molecule has 4 N–H and O–H groups in total. The van der Waals surface area contributed by atoms with Gasteiger partial charge in [-0.05, 0) is 42.3 Å². The third-order valence-electron chi connectivity index (χ3n) is 3.44. The molecule has 0 amide bonds. The number of para-hydroxylation sites is 1. The number of benzene rings is 2. The Morgan fingerprint density at radius 1 is 1.18 bits per heavy atom. The van der Waals surface area contributed by atoms with Crippen molar-refractivity contribution in [3.8, 4) is 0 Å². The number of nitrogens with two attached hydrogens (primary N) is 1. The van der Waals surface area contributed by atoms with E-state index in [-0.39, 0.29) is 5.82 Å². The van der Waals surface area contributed by atoms with Crippen molar-refractivity contribution in [2.75, 3.05) is 11.9 Å². The van der Waals surface area contributed by atoms with Crippen molar-refractivity contribution in [1.29, 1.82) is 0 Å². The first kappa shape index (κ1) is 14.1. The lowest BCUT2D eigenvalue weighted by molar-refractivity contribution is 0.629. The molecule has 4 nitrogen and oxygen atoms in total. The highest BCUT2D eigenvalue weighted by molar-refractivity contribution is 5.92. The maximum absolute atomic E-state index is 13.3. The van der Waals surface area contributed by atoms with Crippen LogP contribution in [0.25, 0.3) is 10.9 Å². The van der Waals surface area contributed by atoms with Crippen LogP contribution in [-0.4, -0.2) is 17.5 Å². The summed E-state index contributed by atoms with van der Waals surface area (Å²) in [6.07, 6.45) is 2.58. The molecule has 1 heterocycles. The lowest BCUT2D eigenvalue weighted by Gasteiger charge is -2.05. The van der Waals surface area contributed by atoms with Crippen LogP contribution in [0.2, 0.25) is 0 Å². The number of guanidine groups is 1. The maximum Gasteiger partial charge on any atom is 0.193 e. The highest BCUT2D eigenvalue weighted by Gasteiger charge is 2.04. The minimum absolute atomic E-state index is 0.234. The third kappa shape index (κ3) is 3.25. The van der Waals surface area contributed by atoms with Crippen molar-refractivity contribution in [3.05, 3.63) is 66.1 Å². The average Bonchev–Trinajstić information content (AvgIpc) is 2.91. The number of aliphatic imine (C=N–C) groups is 1. The normalized spacial score (nSPS) is 11.8. The SMILES string of the molecule is NC(=NCCc1c[nH]c2ccc(F)cc12)Nc1ccccc1. The Morgan fingerprint density at radius 2 is 2.00 bits per heavy atom. The van der Waals surface area contributed by atoms with E-state index in [4.69, 9.17) is 5.73 Å². The number of rotatable bonds is 4. The molecule has 5 heteroatoms. The van der Waals surface area contributed by atoms with Gasteiger partial charge in [-0.15, -0.1) is 0 Å². The van der Waals surface area contributed by atoms with Crippen LogP contribution < -0.4 is 11.1 Å². The first-order valence-electron chi connectivity index (χ1n) is 7.10. The van der Waals surface area contributed by atoms with Crippen LogP contribution in [0.1, 0.15) is 5.56 Å². The van der Waals surface area contributed by atoms with E-state index in [2.05, 4.69) is 15.3 Å². The molecule has 1 aromatic heterocycles. The zero-order valence-corrected chi connectivity index (χ0v) is 12.0. The van der Waals surface area contributed by atoms with Crippen molar-refractivity contribution in [2.45, 2.75) is 6.42 Å². The predicted octanol–water partition coefficient (Wildman–Crippen LogP) is 3.28. The number of hydrogen-bond donors (Lipinski definition) is 3. The molecule has 2 aromatic carbocycles. The van der Waals surface area contributed by atoms with Crippen molar-refractivity contribution in [1.82, 2.24) is 4.98 Å². The van der Waals surface area contributed by atoms with E-state index in [1.54, 1.807) is 6.07 Å². The van der Waals surface area contributed by atoms with Crippen molar-refractivity contribution < 1.29 is 4.39 Å². The molecule has 0 saturated carbocycles. The van der Waals surface area contributed by atoms with E-state index in [0.717, 1.165) is 22.2 Å². The predicted molar refractivity (Wildman–Crippen MR) is 88.5 cm³/mol. The van der Waals surface area contributed by atoms with E-state index < -0.39 is 0 Å². The monoisotopic (exact) mass is 296 g/mol. The number of hydrogen-bond acceptors (Lipinski definition) is 1. The molecule has 0 atom stereocenters. The minimum atomic E-state index is -0.234. The molecule has 3 rings (SSSR count). The molecule has 0 saturated heterocycles. The van der Waals surface area contributed by atoms with Gasteiger partial charge in [-0.25, -0.2) is 4.39 Å². The van der Waals surface area contributed by atoms with Crippen LogP contribution >= 0.6 is 0 Å². The lowest BCUT2D eigenvalue weighted by Crippen LogP contribution is -2.22. The van der Waals surface area contributed by atoms with Gasteiger partial charge in [-0.1, -0.05) is 18.2 Å². The van der Waals surface area contributed by atoms with E-state index in [1.807, 2.05) is 36.5 Å². The largest absolute Gasteiger partial charge is 0.370 e. The Bertz CT molecular complexity index is 793. The number of nitrogens with zero attached hydrogens (tertiary/aromatic N) is 1. The molecule has 3 aromatic rings. The van der Waals surface area contributed by atoms with Crippen LogP contribution in [0.4, 0.5) is 10.1 Å². The molecule has 0 bridgehead atoms. The van der Waals surface area contributed by atoms with Gasteiger partial charge in [0.15, 0.2) is 5.96 Å². The summed E-state index contributed by atoms with van der Waals surface area (Å²) in [6.45, 7) is 0.537. The van der Waals surface area contributed by atoms with Crippen molar-refractivity contribution >= 4 is 22.5 Å². The Labute approximate surface area is 127 Å². The first-order chi connectivity index (χ1) is 10.7. The van der Waals surface area contributed by atoms with Crippen LogP contribution in [0.5, 0.6) is 0 Å². The van der Waals surface area contributed by atoms with Gasteiger partial charge in [0, 0.05) is 29.3 Å². The van der Waals surface area contributed by atoms with E-state index >= 15 is 0 Å². The highest BCUT2D eigenvalue weighted by Crippen LogP contribution is 2.19. The van der Waals surface area contributed by atoms with Gasteiger partial charge in [0.05, 0.1) is 0 Å². The summed E-state index contributed by atoms with van der Waals surface area (Å²) < 4.78 is 13.3. The number of H-pyrrole nitrogens is 1. The third-order valence-corrected chi connectivity index (χ3v) is 3.44. The van der Waals surface area contributed by atoms with E-state index in [9.17, 15) is 4.39 Å². The topological polar surface area (TPSA) is 66.2 Å². The fourth-order valence-electron chi connectivity index (χ4n) is 2.36. The smallest absolute Gasteiger partial charge is 0.193 e. The fraction of sp³-hybridized carbons (Fsp3) is 0.118. The summed E-state index contributed by atoms with van der Waals surface area (Å²) >= 11 is 0. The number of fused-ring (bicyclic) bond motifs is 1. The standard InChI is InChI=1S/C17H17FN4/c18-13-6-7-16-15(10-13)12(11-21-16)8-9-20-17(19)22-14-4-2-1-3-5-14/h1-7,10-11,21H,8-9H2,(H3,19,20,22). The molecule has 0 unspecified atom stereocenters. The van der Waals surface area contributed by atoms with Crippen molar-refractivity contribution in [3.63, 3.8) is 0 Å². The Hall–Kier alpha value is -2.82. The van der Waals surface area contributed by atoms with Crippen LogP contribution in [0.3, 0.4) is 0 Å². The average molecular weight is 296 g/mol. The van der Waals surface area contributed by atoms with Gasteiger partial charge in [0.1, 0.15) is 5.82 Å². The molecular formula is C17H17FN4. The molecule has 112 valence electrons. The second kappa shape index (κ2) is 6.30. The molecule has 0 aliphatic rings. The molecule has 0 aliphatic heterocycles. The Kier molecular flexibility index (Phi) is 4.05. The molecule has 22 heavy (non-hydrogen) atoms. The second-order valence-corrected chi connectivity index (χ2v) is 5.01. The van der Waals surface area contributed by atoms with Crippen LogP contribution in [0.15, 0.2) is 59.7 Å². The summed E-state index contributed by atoms with van der Waals surface area (Å²) in [5.74, 6) is 0.138. The first-order valence-corrected chi connectivity index (χ1v) is 7.10. The summed E-state index contributed by atoms with van der Waals surface area (Å²) in [5.41, 5.74) is 8.71. The summed E-state index contributed by atoms with van der Waals surface area (Å²) in [4.78, 5) is 7.43. The number of nitrogens with one attached hydrogen (secondary N) is 2. The summed E-state index contributed by atoms with van der Waals surface area (Å²) in [6, 6.07) is 14.4. The van der Waals surface area contributed by atoms with Crippen LogP contribution in [-0.2, 0) is 6.42 Å². The highest BCUT2D eigenvalue weighted by atomic mass is 19.1. The van der Waals surface area contributed by atoms with Gasteiger partial charge in [-0.3, -0.25) is 4.99 Å². The lowest BCUT2D eigenvalue weighted by atomic mass is 10.1. The van der Waals surface area contributed by atoms with Crippen LogP contribution in [0, 0.1) is 5.82 Å². The summed E-state index contributed by atoms with van der Waals surface area (Å²) in [5, 5.41) is 3.92. The maximum atomic E-state index is 13.3. The minimum Gasteiger partial charge on any atom is -0.370 e. The Balaban J connectivity index is 1.64. The molecule has 0 spiro atoms. The van der Waals surface area contributed by atoms with Gasteiger partial charge in [0.25, 0.3) is 0 Å². The van der Waals surface area contributed by atoms with Gasteiger partial charge >= 0.3 is 0 Å². The zero-order valence-electron chi connectivity index (χ0n) is 12.0. The zero-order chi connectivity index (χ0) is 15.4. The number of halogens is 1. The van der Waals surface area contributed by atoms with E-state index in [1.165, 1.54) is 12.1 Å². The van der Waals surface area contributed by atoms with Crippen molar-refractivity contribution in [2.24, 2.45) is 10.7 Å². The second-order valence-electron chi connectivity index (χ2n) is 5.01. The molecule has 0 fully saturated rings. The Morgan fingerprint density at radius 3 is 2.82 bits per heavy atom. The van der Waals surface area contributed by atoms with Gasteiger partial charge in [-0.2, -0.15) is 0 Å². The van der Waals surface area contributed by atoms with Gasteiger partial charge < -0.3 is 16.0 Å². The fourth-order valence-corrected chi connectivity index (χ4v) is 2.36. The molecule has 0 radical (unpaired) electrons. The summed E-state index contributed by atoms with van der Waals surface area (Å²) in [7, 11) is 0. The molecule has 0 aliphatic carbocycles. The number of aromatic amines is 1.